The summed E-state index contributed by atoms with van der Waals surface area (Å²) in [6.07, 6.45) is 4.72. The van der Waals surface area contributed by atoms with Gasteiger partial charge in [0.1, 0.15) is 12.7 Å². The zero-order valence-corrected chi connectivity index (χ0v) is 14.4. The van der Waals surface area contributed by atoms with Crippen molar-refractivity contribution in [2.24, 2.45) is 0 Å². The van der Waals surface area contributed by atoms with Crippen LogP contribution in [0.2, 0.25) is 0 Å². The minimum absolute atomic E-state index is 0.0866. The predicted molar refractivity (Wildman–Crippen MR) is 87.1 cm³/mol. The molecule has 0 spiro atoms. The second-order valence-corrected chi connectivity index (χ2v) is 5.98. The SMILES string of the molecule is CC(C)NC(=O)CCNC(=O)c1cnc(-n2cnnc2)c(Br)c1. The molecule has 2 aromatic heterocycles. The highest BCUT2D eigenvalue weighted by atomic mass is 79.9. The van der Waals surface area contributed by atoms with Crippen molar-refractivity contribution in [1.82, 2.24) is 30.4 Å². The fourth-order valence-corrected chi connectivity index (χ4v) is 2.39. The van der Waals surface area contributed by atoms with E-state index in [0.717, 1.165) is 0 Å². The maximum absolute atomic E-state index is 12.1. The van der Waals surface area contributed by atoms with Crippen molar-refractivity contribution in [2.45, 2.75) is 26.3 Å². The normalized spacial score (nSPS) is 10.6. The topological polar surface area (TPSA) is 102 Å². The van der Waals surface area contributed by atoms with E-state index in [1.807, 2.05) is 13.8 Å². The Morgan fingerprint density at radius 2 is 2.00 bits per heavy atom. The van der Waals surface area contributed by atoms with Crippen molar-refractivity contribution in [3.63, 3.8) is 0 Å². The summed E-state index contributed by atoms with van der Waals surface area (Å²) in [6.45, 7) is 4.04. The number of hydrogen-bond donors (Lipinski definition) is 2. The average molecular weight is 381 g/mol. The lowest BCUT2D eigenvalue weighted by molar-refractivity contribution is -0.121. The van der Waals surface area contributed by atoms with E-state index < -0.39 is 0 Å². The molecule has 0 saturated carbocycles. The molecule has 2 amide bonds. The van der Waals surface area contributed by atoms with Gasteiger partial charge >= 0.3 is 0 Å². The van der Waals surface area contributed by atoms with Crippen LogP contribution in [-0.4, -0.2) is 44.1 Å². The maximum atomic E-state index is 12.1. The molecule has 0 unspecified atom stereocenters. The van der Waals surface area contributed by atoms with Gasteiger partial charge < -0.3 is 10.6 Å². The number of rotatable bonds is 6. The molecule has 0 aliphatic carbocycles. The van der Waals surface area contributed by atoms with Crippen LogP contribution in [0.15, 0.2) is 29.4 Å². The minimum Gasteiger partial charge on any atom is -0.354 e. The van der Waals surface area contributed by atoms with Gasteiger partial charge in [0.2, 0.25) is 5.91 Å². The zero-order valence-electron chi connectivity index (χ0n) is 12.8. The third-order valence-electron chi connectivity index (χ3n) is 2.83. The standard InChI is InChI=1S/C14H17BrN6O2/c1-9(2)20-12(22)3-4-16-14(23)10-5-11(15)13(17-6-10)21-7-18-19-8-21/h5-9H,3-4H2,1-2H3,(H,16,23)(H,20,22). The Balaban J connectivity index is 1.93. The van der Waals surface area contributed by atoms with E-state index in [9.17, 15) is 9.59 Å². The Morgan fingerprint density at radius 1 is 1.30 bits per heavy atom. The van der Waals surface area contributed by atoms with Crippen LogP contribution in [0, 0.1) is 0 Å². The predicted octanol–water partition coefficient (Wildman–Crippen LogP) is 1.07. The lowest BCUT2D eigenvalue weighted by Crippen LogP contribution is -2.34. The van der Waals surface area contributed by atoms with Crippen molar-refractivity contribution >= 4 is 27.7 Å². The van der Waals surface area contributed by atoms with Crippen molar-refractivity contribution in [3.8, 4) is 5.82 Å². The van der Waals surface area contributed by atoms with Gasteiger partial charge in [-0.2, -0.15) is 0 Å². The summed E-state index contributed by atoms with van der Waals surface area (Å²) < 4.78 is 2.27. The number of aromatic nitrogens is 4. The van der Waals surface area contributed by atoms with E-state index in [0.29, 0.717) is 15.9 Å². The highest BCUT2D eigenvalue weighted by Gasteiger charge is 2.11. The van der Waals surface area contributed by atoms with Gasteiger partial charge in [0, 0.05) is 25.2 Å². The van der Waals surface area contributed by atoms with E-state index in [1.165, 1.54) is 18.9 Å². The molecule has 0 radical (unpaired) electrons. The van der Waals surface area contributed by atoms with Crippen molar-refractivity contribution in [2.75, 3.05) is 6.54 Å². The molecule has 0 saturated heterocycles. The molecule has 2 rings (SSSR count). The number of amides is 2. The summed E-state index contributed by atoms with van der Waals surface area (Å²) in [5.41, 5.74) is 0.401. The van der Waals surface area contributed by atoms with Crippen LogP contribution >= 0.6 is 15.9 Å². The number of carbonyl (C=O) groups is 2. The van der Waals surface area contributed by atoms with Gasteiger partial charge in [-0.25, -0.2) is 4.98 Å². The molecule has 0 fully saturated rings. The fraction of sp³-hybridized carbons (Fsp3) is 0.357. The van der Waals surface area contributed by atoms with Crippen molar-refractivity contribution < 1.29 is 9.59 Å². The quantitative estimate of drug-likeness (QED) is 0.780. The maximum Gasteiger partial charge on any atom is 0.252 e. The van der Waals surface area contributed by atoms with Gasteiger partial charge in [-0.3, -0.25) is 14.2 Å². The molecule has 9 heteroatoms. The van der Waals surface area contributed by atoms with Crippen LogP contribution in [0.25, 0.3) is 5.82 Å². The molecule has 0 aromatic carbocycles. The summed E-state index contributed by atoms with van der Waals surface area (Å²) in [6, 6.07) is 1.75. The first-order valence-electron chi connectivity index (χ1n) is 7.05. The van der Waals surface area contributed by atoms with Gasteiger partial charge in [-0.15, -0.1) is 10.2 Å². The van der Waals surface area contributed by atoms with Gasteiger partial charge in [0.25, 0.3) is 5.91 Å². The monoisotopic (exact) mass is 380 g/mol. The fourth-order valence-electron chi connectivity index (χ4n) is 1.84. The largest absolute Gasteiger partial charge is 0.354 e. The van der Waals surface area contributed by atoms with Crippen LogP contribution in [0.1, 0.15) is 30.6 Å². The van der Waals surface area contributed by atoms with Crippen LogP contribution in [0.4, 0.5) is 0 Å². The van der Waals surface area contributed by atoms with Gasteiger partial charge in [-0.1, -0.05) is 0 Å². The molecule has 0 aliphatic heterocycles. The number of halogens is 1. The lowest BCUT2D eigenvalue weighted by Gasteiger charge is -2.09. The van der Waals surface area contributed by atoms with E-state index in [2.05, 4.69) is 41.7 Å². The third-order valence-corrected chi connectivity index (χ3v) is 3.42. The molecule has 122 valence electrons. The third kappa shape index (κ3) is 4.85. The Bertz CT molecular complexity index is 687. The van der Waals surface area contributed by atoms with Crippen LogP contribution in [0.3, 0.4) is 0 Å². The molecule has 0 atom stereocenters. The van der Waals surface area contributed by atoms with Crippen molar-refractivity contribution in [1.29, 1.82) is 0 Å². The molecule has 0 bridgehead atoms. The van der Waals surface area contributed by atoms with Gasteiger partial charge in [-0.05, 0) is 35.8 Å². The summed E-state index contributed by atoms with van der Waals surface area (Å²) >= 11 is 3.37. The van der Waals surface area contributed by atoms with E-state index >= 15 is 0 Å². The van der Waals surface area contributed by atoms with Crippen molar-refractivity contribution in [3.05, 3.63) is 35.0 Å². The molecule has 2 N–H and O–H groups in total. The second kappa shape index (κ2) is 7.82. The van der Waals surface area contributed by atoms with E-state index in [1.54, 1.807) is 10.6 Å². The van der Waals surface area contributed by atoms with E-state index in [-0.39, 0.29) is 30.8 Å². The molecule has 23 heavy (non-hydrogen) atoms. The number of pyridine rings is 1. The second-order valence-electron chi connectivity index (χ2n) is 5.13. The summed E-state index contributed by atoms with van der Waals surface area (Å²) in [5, 5.41) is 12.9. The first kappa shape index (κ1) is 17.1. The molecule has 2 aromatic rings. The highest BCUT2D eigenvalue weighted by molar-refractivity contribution is 9.10. The summed E-state index contributed by atoms with van der Waals surface area (Å²) in [7, 11) is 0. The van der Waals surface area contributed by atoms with Gasteiger partial charge in [0.05, 0.1) is 10.0 Å². The molecule has 8 nitrogen and oxygen atoms in total. The molecular formula is C14H17BrN6O2. The van der Waals surface area contributed by atoms with Crippen LogP contribution in [0.5, 0.6) is 0 Å². The Morgan fingerprint density at radius 3 is 2.61 bits per heavy atom. The number of nitrogens with zero attached hydrogens (tertiary/aromatic N) is 4. The van der Waals surface area contributed by atoms with Gasteiger partial charge in [0.15, 0.2) is 5.82 Å². The highest BCUT2D eigenvalue weighted by Crippen LogP contribution is 2.19. The number of carbonyl (C=O) groups excluding carboxylic acids is 2. The zero-order chi connectivity index (χ0) is 16.8. The minimum atomic E-state index is -0.286. The molecular weight excluding hydrogens is 364 g/mol. The lowest BCUT2D eigenvalue weighted by atomic mass is 10.2. The first-order chi connectivity index (χ1) is 11.0. The summed E-state index contributed by atoms with van der Waals surface area (Å²) in [4.78, 5) is 27.8. The van der Waals surface area contributed by atoms with Crippen LogP contribution in [-0.2, 0) is 4.79 Å². The average Bonchev–Trinajstić information content (AvgIpc) is 3.00. The molecule has 2 heterocycles. The van der Waals surface area contributed by atoms with E-state index in [4.69, 9.17) is 0 Å². The Hall–Kier alpha value is -2.29. The van der Waals surface area contributed by atoms with Crippen LogP contribution < -0.4 is 10.6 Å². The summed E-state index contributed by atoms with van der Waals surface area (Å²) in [5.74, 6) is 0.205. The number of hydrogen-bond acceptors (Lipinski definition) is 5. The Kier molecular flexibility index (Phi) is 5.80. The smallest absolute Gasteiger partial charge is 0.252 e. The first-order valence-corrected chi connectivity index (χ1v) is 7.84. The Labute approximate surface area is 141 Å². The molecule has 0 aliphatic rings. The number of nitrogens with one attached hydrogen (secondary N) is 2.